The van der Waals surface area contributed by atoms with Gasteiger partial charge in [0.1, 0.15) is 0 Å². The Morgan fingerprint density at radius 1 is 1.47 bits per heavy atom. The minimum atomic E-state index is 0.221. The molecule has 0 spiro atoms. The highest BCUT2D eigenvalue weighted by atomic mass is 16.2. The van der Waals surface area contributed by atoms with E-state index in [1.807, 2.05) is 0 Å². The average Bonchev–Trinajstić information content (AvgIpc) is 2.88. The van der Waals surface area contributed by atoms with Crippen LogP contribution in [0.3, 0.4) is 0 Å². The van der Waals surface area contributed by atoms with Gasteiger partial charge in [-0.05, 0) is 31.7 Å². The van der Waals surface area contributed by atoms with Crippen LogP contribution in [0.1, 0.15) is 39.0 Å². The molecule has 1 aliphatic heterocycles. The molecule has 2 aliphatic rings. The molecular formula is C12H22N2O. The summed E-state index contributed by atoms with van der Waals surface area (Å²) in [5, 5.41) is 6.44. The van der Waals surface area contributed by atoms with Crippen molar-refractivity contribution in [2.24, 2.45) is 11.8 Å². The molecule has 0 aromatic heterocycles. The van der Waals surface area contributed by atoms with Crippen LogP contribution in [0.25, 0.3) is 0 Å². The van der Waals surface area contributed by atoms with E-state index in [1.54, 1.807) is 0 Å². The van der Waals surface area contributed by atoms with Crippen molar-refractivity contribution >= 4 is 5.91 Å². The fourth-order valence-corrected chi connectivity index (χ4v) is 2.28. The van der Waals surface area contributed by atoms with E-state index in [1.165, 1.54) is 19.3 Å². The molecule has 0 aromatic rings. The second-order valence-electron chi connectivity index (χ2n) is 4.98. The number of hydrogen-bond donors (Lipinski definition) is 2. The van der Waals surface area contributed by atoms with Crippen LogP contribution < -0.4 is 10.6 Å². The molecule has 3 nitrogen and oxygen atoms in total. The first-order valence-corrected chi connectivity index (χ1v) is 6.30. The summed E-state index contributed by atoms with van der Waals surface area (Å²) in [7, 11) is 0. The van der Waals surface area contributed by atoms with Gasteiger partial charge in [0.2, 0.25) is 5.91 Å². The smallest absolute Gasteiger partial charge is 0.224 e. The molecule has 86 valence electrons. The molecule has 3 heteroatoms. The van der Waals surface area contributed by atoms with Crippen molar-refractivity contribution in [2.75, 3.05) is 13.1 Å². The second kappa shape index (κ2) is 4.97. The van der Waals surface area contributed by atoms with E-state index >= 15 is 0 Å². The zero-order valence-corrected chi connectivity index (χ0v) is 9.59. The van der Waals surface area contributed by atoms with Crippen LogP contribution >= 0.6 is 0 Å². The largest absolute Gasteiger partial charge is 0.353 e. The van der Waals surface area contributed by atoms with Gasteiger partial charge in [0.05, 0.1) is 5.92 Å². The minimum Gasteiger partial charge on any atom is -0.353 e. The molecule has 0 bridgehead atoms. The van der Waals surface area contributed by atoms with E-state index in [0.717, 1.165) is 31.8 Å². The van der Waals surface area contributed by atoms with Crippen molar-refractivity contribution in [1.29, 1.82) is 0 Å². The summed E-state index contributed by atoms with van der Waals surface area (Å²) in [6, 6.07) is 0.422. The summed E-state index contributed by atoms with van der Waals surface area (Å²) in [6.45, 7) is 4.03. The number of nitrogens with one attached hydrogen (secondary N) is 2. The minimum absolute atomic E-state index is 0.221. The van der Waals surface area contributed by atoms with Gasteiger partial charge >= 0.3 is 0 Å². The summed E-state index contributed by atoms with van der Waals surface area (Å²) in [4.78, 5) is 11.9. The lowest BCUT2D eigenvalue weighted by Gasteiger charge is -2.19. The molecule has 1 amide bonds. The molecule has 2 atom stereocenters. The van der Waals surface area contributed by atoms with E-state index in [-0.39, 0.29) is 11.8 Å². The van der Waals surface area contributed by atoms with Gasteiger partial charge in [0.25, 0.3) is 0 Å². The zero-order valence-electron chi connectivity index (χ0n) is 9.59. The maximum Gasteiger partial charge on any atom is 0.224 e. The summed E-state index contributed by atoms with van der Waals surface area (Å²) in [5.74, 6) is 1.39. The van der Waals surface area contributed by atoms with E-state index in [4.69, 9.17) is 0 Å². The Kier molecular flexibility index (Phi) is 3.62. The normalized spacial score (nSPS) is 27.7. The summed E-state index contributed by atoms with van der Waals surface area (Å²) >= 11 is 0. The van der Waals surface area contributed by atoms with Crippen LogP contribution in [0.15, 0.2) is 0 Å². The number of amides is 1. The first-order chi connectivity index (χ1) is 7.29. The Balaban J connectivity index is 1.74. The molecule has 0 radical (unpaired) electrons. The van der Waals surface area contributed by atoms with Crippen LogP contribution in [0.4, 0.5) is 0 Å². The van der Waals surface area contributed by atoms with Crippen molar-refractivity contribution in [2.45, 2.75) is 45.1 Å². The summed E-state index contributed by atoms with van der Waals surface area (Å²) < 4.78 is 0. The predicted molar refractivity (Wildman–Crippen MR) is 60.5 cm³/mol. The van der Waals surface area contributed by atoms with Gasteiger partial charge in [-0.2, -0.15) is 0 Å². The maximum absolute atomic E-state index is 11.9. The molecular weight excluding hydrogens is 188 g/mol. The Morgan fingerprint density at radius 2 is 2.27 bits per heavy atom. The lowest BCUT2D eigenvalue weighted by atomic mass is 10.0. The van der Waals surface area contributed by atoms with Gasteiger partial charge in [-0.1, -0.05) is 19.8 Å². The Labute approximate surface area is 92.0 Å². The first-order valence-electron chi connectivity index (χ1n) is 6.30. The quantitative estimate of drug-likeness (QED) is 0.718. The van der Waals surface area contributed by atoms with Crippen molar-refractivity contribution in [3.63, 3.8) is 0 Å². The predicted octanol–water partition coefficient (Wildman–Crippen LogP) is 1.29. The molecule has 2 N–H and O–H groups in total. The lowest BCUT2D eigenvalue weighted by molar-refractivity contribution is -0.125. The monoisotopic (exact) mass is 210 g/mol. The highest BCUT2D eigenvalue weighted by molar-refractivity contribution is 5.79. The van der Waals surface area contributed by atoms with Gasteiger partial charge in [0.15, 0.2) is 0 Å². The fraction of sp³-hybridized carbons (Fsp3) is 0.917. The molecule has 2 unspecified atom stereocenters. The standard InChI is InChI=1S/C12H22N2O/c1-2-11(7-9-3-4-9)14-12(15)10-5-6-13-8-10/h9-11,13H,2-8H2,1H3,(H,14,15). The number of carbonyl (C=O) groups excluding carboxylic acids is 1. The van der Waals surface area contributed by atoms with Crippen LogP contribution in [0, 0.1) is 11.8 Å². The van der Waals surface area contributed by atoms with Crippen LogP contribution in [-0.4, -0.2) is 25.0 Å². The molecule has 2 rings (SSSR count). The molecule has 0 aromatic carbocycles. The second-order valence-corrected chi connectivity index (χ2v) is 4.98. The highest BCUT2D eigenvalue weighted by Gasteiger charge is 2.28. The van der Waals surface area contributed by atoms with Crippen LogP contribution in [0.2, 0.25) is 0 Å². The van der Waals surface area contributed by atoms with Gasteiger partial charge in [0, 0.05) is 12.6 Å². The zero-order chi connectivity index (χ0) is 10.7. The number of rotatable bonds is 5. The Morgan fingerprint density at radius 3 is 2.80 bits per heavy atom. The van der Waals surface area contributed by atoms with Crippen molar-refractivity contribution in [1.82, 2.24) is 10.6 Å². The third-order valence-corrected chi connectivity index (χ3v) is 3.59. The summed E-state index contributed by atoms with van der Waals surface area (Å²) in [6.07, 6.45) is 6.02. The molecule has 1 saturated carbocycles. The van der Waals surface area contributed by atoms with E-state index in [2.05, 4.69) is 17.6 Å². The number of carbonyl (C=O) groups is 1. The van der Waals surface area contributed by atoms with E-state index in [0.29, 0.717) is 6.04 Å². The molecule has 2 fully saturated rings. The topological polar surface area (TPSA) is 41.1 Å². The highest BCUT2D eigenvalue weighted by Crippen LogP contribution is 2.34. The molecule has 1 heterocycles. The van der Waals surface area contributed by atoms with Crippen LogP contribution in [-0.2, 0) is 4.79 Å². The SMILES string of the molecule is CCC(CC1CC1)NC(=O)C1CCNC1. The van der Waals surface area contributed by atoms with Crippen molar-refractivity contribution in [3.05, 3.63) is 0 Å². The summed E-state index contributed by atoms with van der Waals surface area (Å²) in [5.41, 5.74) is 0. The average molecular weight is 210 g/mol. The lowest BCUT2D eigenvalue weighted by Crippen LogP contribution is -2.39. The Bertz CT molecular complexity index is 220. The van der Waals surface area contributed by atoms with E-state index in [9.17, 15) is 4.79 Å². The Hall–Kier alpha value is -0.570. The third kappa shape index (κ3) is 3.20. The van der Waals surface area contributed by atoms with Crippen molar-refractivity contribution < 1.29 is 4.79 Å². The third-order valence-electron chi connectivity index (χ3n) is 3.59. The first kappa shape index (κ1) is 10.9. The number of hydrogen-bond acceptors (Lipinski definition) is 2. The van der Waals surface area contributed by atoms with Gasteiger partial charge in [-0.25, -0.2) is 0 Å². The molecule has 1 aliphatic carbocycles. The molecule has 15 heavy (non-hydrogen) atoms. The van der Waals surface area contributed by atoms with Gasteiger partial charge in [-0.3, -0.25) is 4.79 Å². The molecule has 1 saturated heterocycles. The maximum atomic E-state index is 11.9. The fourth-order valence-electron chi connectivity index (χ4n) is 2.28. The van der Waals surface area contributed by atoms with Gasteiger partial charge < -0.3 is 10.6 Å². The van der Waals surface area contributed by atoms with Gasteiger partial charge in [-0.15, -0.1) is 0 Å². The van der Waals surface area contributed by atoms with Crippen LogP contribution in [0.5, 0.6) is 0 Å². The van der Waals surface area contributed by atoms with Crippen molar-refractivity contribution in [3.8, 4) is 0 Å². The van der Waals surface area contributed by atoms with E-state index < -0.39 is 0 Å².